The van der Waals surface area contributed by atoms with Gasteiger partial charge in [-0.05, 0) is 18.6 Å². The average Bonchev–Trinajstić information content (AvgIpc) is 2.66. The fraction of sp³-hybridized carbons (Fsp3) is 0.500. The van der Waals surface area contributed by atoms with Gasteiger partial charge in [-0.3, -0.25) is 4.79 Å². The first-order valence-electron chi connectivity index (χ1n) is 6.35. The van der Waals surface area contributed by atoms with E-state index in [9.17, 15) is 13.2 Å². The molecule has 0 aromatic carbocycles. The van der Waals surface area contributed by atoms with Gasteiger partial charge in [-0.25, -0.2) is 17.7 Å². The molecule has 1 fully saturated rings. The van der Waals surface area contributed by atoms with Crippen molar-refractivity contribution in [2.75, 3.05) is 32.4 Å². The second-order valence-corrected chi connectivity index (χ2v) is 7.55. The summed E-state index contributed by atoms with van der Waals surface area (Å²) in [5.74, 6) is -0.335. The smallest absolute Gasteiger partial charge is 0.274 e. The van der Waals surface area contributed by atoms with Crippen LogP contribution < -0.4 is 0 Å². The number of rotatable bonds is 2. The normalized spacial score (nSPS) is 17.6. The highest BCUT2D eigenvalue weighted by molar-refractivity contribution is 7.88. The number of aromatic nitrogens is 1. The third-order valence-electron chi connectivity index (χ3n) is 3.23. The van der Waals surface area contributed by atoms with E-state index in [0.29, 0.717) is 26.1 Å². The van der Waals surface area contributed by atoms with Crippen molar-refractivity contribution in [3.63, 3.8) is 0 Å². The van der Waals surface area contributed by atoms with E-state index < -0.39 is 10.0 Å². The Morgan fingerprint density at radius 2 is 1.90 bits per heavy atom. The van der Waals surface area contributed by atoms with Crippen LogP contribution in [0.25, 0.3) is 0 Å². The van der Waals surface area contributed by atoms with Gasteiger partial charge in [-0.2, -0.15) is 0 Å². The summed E-state index contributed by atoms with van der Waals surface area (Å²) < 4.78 is 24.5. The summed E-state index contributed by atoms with van der Waals surface area (Å²) in [7, 11) is -3.25. The van der Waals surface area contributed by atoms with Crippen molar-refractivity contribution in [3.8, 4) is 0 Å². The number of hydrogen-bond acceptors (Lipinski definition) is 4. The van der Waals surface area contributed by atoms with Gasteiger partial charge in [0.15, 0.2) is 0 Å². The van der Waals surface area contributed by atoms with E-state index in [-0.39, 0.29) is 28.3 Å². The third kappa shape index (κ3) is 4.06. The zero-order chi connectivity index (χ0) is 15.6. The van der Waals surface area contributed by atoms with Crippen LogP contribution in [0.3, 0.4) is 0 Å². The number of hydrogen-bond donors (Lipinski definition) is 0. The predicted molar refractivity (Wildman–Crippen MR) is 81.2 cm³/mol. The van der Waals surface area contributed by atoms with Crippen LogP contribution in [0.4, 0.5) is 0 Å². The maximum Gasteiger partial charge on any atom is 0.274 e. The summed E-state index contributed by atoms with van der Waals surface area (Å²) in [5, 5.41) is 0.420. The Kier molecular flexibility index (Phi) is 5.08. The molecule has 0 aliphatic carbocycles. The molecule has 1 aliphatic heterocycles. The molecular weight excluding hydrogens is 337 g/mol. The van der Waals surface area contributed by atoms with Crippen molar-refractivity contribution in [3.05, 3.63) is 28.0 Å². The summed E-state index contributed by atoms with van der Waals surface area (Å²) in [5.41, 5.74) is 0.0944. The molecule has 1 aromatic heterocycles. The van der Waals surface area contributed by atoms with Crippen LogP contribution in [0, 0.1) is 0 Å². The van der Waals surface area contributed by atoms with E-state index in [1.807, 2.05) is 0 Å². The molecule has 9 heteroatoms. The zero-order valence-corrected chi connectivity index (χ0v) is 13.7. The standard InChI is InChI=1S/C12H15Cl2N3O3S/c1-21(19,20)17-6-2-5-16(7-8-17)12(18)11-9(13)3-4-10(14)15-11/h3-4H,2,5-8H2,1H3. The quantitative estimate of drug-likeness (QED) is 0.757. The Morgan fingerprint density at radius 1 is 1.19 bits per heavy atom. The van der Waals surface area contributed by atoms with Gasteiger partial charge in [-0.15, -0.1) is 0 Å². The molecule has 1 aliphatic rings. The molecule has 0 saturated carbocycles. The molecule has 0 atom stereocenters. The van der Waals surface area contributed by atoms with Crippen molar-refractivity contribution < 1.29 is 13.2 Å². The zero-order valence-electron chi connectivity index (χ0n) is 11.4. The molecule has 1 amide bonds. The summed E-state index contributed by atoms with van der Waals surface area (Å²) in [6.07, 6.45) is 1.73. The summed E-state index contributed by atoms with van der Waals surface area (Å²) >= 11 is 11.8. The second kappa shape index (κ2) is 6.48. The molecule has 0 spiro atoms. The van der Waals surface area contributed by atoms with Gasteiger partial charge in [0.2, 0.25) is 10.0 Å². The molecule has 1 aromatic rings. The van der Waals surface area contributed by atoms with Gasteiger partial charge < -0.3 is 4.90 Å². The number of pyridine rings is 1. The molecule has 116 valence electrons. The Balaban J connectivity index is 2.15. The predicted octanol–water partition coefficient (Wildman–Crippen LogP) is 1.50. The monoisotopic (exact) mass is 351 g/mol. The van der Waals surface area contributed by atoms with E-state index in [0.717, 1.165) is 0 Å². The fourth-order valence-electron chi connectivity index (χ4n) is 2.15. The number of nitrogens with zero attached hydrogens (tertiary/aromatic N) is 3. The fourth-order valence-corrected chi connectivity index (χ4v) is 3.35. The molecule has 2 rings (SSSR count). The van der Waals surface area contributed by atoms with Crippen molar-refractivity contribution in [2.24, 2.45) is 0 Å². The summed E-state index contributed by atoms with van der Waals surface area (Å²) in [6.45, 7) is 1.42. The molecule has 2 heterocycles. The second-order valence-electron chi connectivity index (χ2n) is 4.77. The Labute approximate surface area is 133 Å². The van der Waals surface area contributed by atoms with Crippen molar-refractivity contribution in [2.45, 2.75) is 6.42 Å². The molecule has 0 bridgehead atoms. The third-order valence-corrected chi connectivity index (χ3v) is 5.04. The lowest BCUT2D eigenvalue weighted by Crippen LogP contribution is -2.37. The van der Waals surface area contributed by atoms with E-state index in [1.165, 1.54) is 22.7 Å². The first kappa shape index (κ1) is 16.5. The highest BCUT2D eigenvalue weighted by Gasteiger charge is 2.26. The van der Waals surface area contributed by atoms with E-state index in [2.05, 4.69) is 4.98 Å². The first-order chi connectivity index (χ1) is 9.79. The lowest BCUT2D eigenvalue weighted by Gasteiger charge is -2.21. The molecule has 6 nitrogen and oxygen atoms in total. The van der Waals surface area contributed by atoms with E-state index in [1.54, 1.807) is 4.90 Å². The minimum Gasteiger partial charge on any atom is -0.336 e. The SMILES string of the molecule is CS(=O)(=O)N1CCCN(C(=O)c2nc(Cl)ccc2Cl)CC1. The van der Waals surface area contributed by atoms with Gasteiger partial charge in [0, 0.05) is 26.2 Å². The Hall–Kier alpha value is -0.890. The molecule has 1 saturated heterocycles. The highest BCUT2D eigenvalue weighted by atomic mass is 35.5. The van der Waals surface area contributed by atoms with E-state index in [4.69, 9.17) is 23.2 Å². The van der Waals surface area contributed by atoms with Crippen molar-refractivity contribution in [1.29, 1.82) is 0 Å². The lowest BCUT2D eigenvalue weighted by atomic mass is 10.3. The number of amides is 1. The average molecular weight is 352 g/mol. The van der Waals surface area contributed by atoms with Gasteiger partial charge in [0.05, 0.1) is 11.3 Å². The molecule has 21 heavy (non-hydrogen) atoms. The molecule has 0 unspecified atom stereocenters. The van der Waals surface area contributed by atoms with Crippen LogP contribution in [-0.4, -0.2) is 60.9 Å². The van der Waals surface area contributed by atoms with Crippen LogP contribution in [0.2, 0.25) is 10.2 Å². The van der Waals surface area contributed by atoms with Crippen molar-refractivity contribution in [1.82, 2.24) is 14.2 Å². The maximum absolute atomic E-state index is 12.4. The Morgan fingerprint density at radius 3 is 2.57 bits per heavy atom. The van der Waals surface area contributed by atoms with Crippen LogP contribution in [0.15, 0.2) is 12.1 Å². The Bertz CT molecular complexity index is 651. The molecule has 0 N–H and O–H groups in total. The van der Waals surface area contributed by atoms with Crippen LogP contribution in [0.1, 0.15) is 16.9 Å². The van der Waals surface area contributed by atoms with Gasteiger partial charge >= 0.3 is 0 Å². The summed E-state index contributed by atoms with van der Waals surface area (Å²) in [6, 6.07) is 3.03. The lowest BCUT2D eigenvalue weighted by molar-refractivity contribution is 0.0758. The highest BCUT2D eigenvalue weighted by Crippen LogP contribution is 2.19. The van der Waals surface area contributed by atoms with Crippen LogP contribution in [0.5, 0.6) is 0 Å². The van der Waals surface area contributed by atoms with E-state index >= 15 is 0 Å². The molecule has 0 radical (unpaired) electrons. The van der Waals surface area contributed by atoms with Gasteiger partial charge in [-0.1, -0.05) is 23.2 Å². The number of halogens is 2. The minimum atomic E-state index is -3.25. The first-order valence-corrected chi connectivity index (χ1v) is 8.96. The van der Waals surface area contributed by atoms with Crippen molar-refractivity contribution >= 4 is 39.1 Å². The number of carbonyl (C=O) groups is 1. The van der Waals surface area contributed by atoms with Crippen LogP contribution >= 0.6 is 23.2 Å². The number of carbonyl (C=O) groups excluding carboxylic acids is 1. The van der Waals surface area contributed by atoms with Gasteiger partial charge in [0.25, 0.3) is 5.91 Å². The van der Waals surface area contributed by atoms with Crippen LogP contribution in [-0.2, 0) is 10.0 Å². The topological polar surface area (TPSA) is 70.6 Å². The summed E-state index contributed by atoms with van der Waals surface area (Å²) in [4.78, 5) is 17.9. The maximum atomic E-state index is 12.4. The van der Waals surface area contributed by atoms with Gasteiger partial charge in [0.1, 0.15) is 10.8 Å². The number of sulfonamides is 1. The largest absolute Gasteiger partial charge is 0.336 e. The molecular formula is C12H15Cl2N3O3S. The minimum absolute atomic E-state index is 0.0944.